The number of esters is 1. The van der Waals surface area contributed by atoms with Gasteiger partial charge in [-0.05, 0) is 0 Å². The average Bonchev–Trinajstić information content (AvgIpc) is 2.41. The van der Waals surface area contributed by atoms with Crippen LogP contribution in [-0.4, -0.2) is 37.7 Å². The van der Waals surface area contributed by atoms with Gasteiger partial charge in [-0.15, -0.1) is 0 Å². The third kappa shape index (κ3) is 7.09. The molecule has 0 rings (SSSR count). The fourth-order valence-corrected chi connectivity index (χ4v) is 10.7. The van der Waals surface area contributed by atoms with E-state index >= 15 is 0 Å². The molecule has 0 spiro atoms. The molecule has 0 fully saturated rings. The second-order valence-corrected chi connectivity index (χ2v) is 17.1. The van der Waals surface area contributed by atoms with Gasteiger partial charge >= 0.3 is 127 Å². The van der Waals surface area contributed by atoms with Crippen LogP contribution in [-0.2, 0) is 9.53 Å². The topological polar surface area (TPSA) is 26.3 Å². The molecule has 0 aliphatic heterocycles. The molecule has 0 unspecified atom stereocenters. The molecule has 0 saturated carbocycles. The second kappa shape index (κ2) is 9.34. The van der Waals surface area contributed by atoms with Gasteiger partial charge in [0, 0.05) is 0 Å². The molecule has 19 heavy (non-hydrogen) atoms. The van der Waals surface area contributed by atoms with E-state index in [-0.39, 0.29) is 5.97 Å². The molecule has 0 saturated heterocycles. The van der Waals surface area contributed by atoms with E-state index in [2.05, 4.69) is 36.3 Å². The van der Waals surface area contributed by atoms with Crippen molar-refractivity contribution in [3.8, 4) is 0 Å². The van der Waals surface area contributed by atoms with Crippen molar-refractivity contribution in [2.24, 2.45) is 0 Å². The fourth-order valence-electron chi connectivity index (χ4n) is 2.62. The number of methoxy groups -OCH3 is 1. The standard InChI is InChI=1S/C15H32BrO2P/c1-5-8-11-19(16,12-9-6-2,13-10-7-3)14-15(17)18-4/h5-14H2,1-4H3. The number of ether oxygens (including phenoxy) is 1. The van der Waals surface area contributed by atoms with E-state index in [0.29, 0.717) is 6.16 Å². The van der Waals surface area contributed by atoms with Crippen LogP contribution in [0.5, 0.6) is 0 Å². The molecule has 0 atom stereocenters. The van der Waals surface area contributed by atoms with E-state index < -0.39 is 5.31 Å². The van der Waals surface area contributed by atoms with E-state index in [1.165, 1.54) is 64.1 Å². The van der Waals surface area contributed by atoms with Crippen molar-refractivity contribution in [3.63, 3.8) is 0 Å². The third-order valence-electron chi connectivity index (χ3n) is 3.96. The summed E-state index contributed by atoms with van der Waals surface area (Å²) in [5.74, 6) is -0.0298. The Morgan fingerprint density at radius 2 is 1.32 bits per heavy atom. The molecule has 0 heterocycles. The van der Waals surface area contributed by atoms with Gasteiger partial charge in [-0.25, -0.2) is 0 Å². The molecule has 0 amide bonds. The van der Waals surface area contributed by atoms with Gasteiger partial charge in [0.2, 0.25) is 0 Å². The van der Waals surface area contributed by atoms with Gasteiger partial charge in [0.05, 0.1) is 0 Å². The molecule has 0 N–H and O–H groups in total. The average molecular weight is 355 g/mol. The molecule has 2 nitrogen and oxygen atoms in total. The van der Waals surface area contributed by atoms with Crippen LogP contribution in [0.15, 0.2) is 0 Å². The normalized spacial score (nSPS) is 13.8. The Kier molecular flexibility index (Phi) is 9.53. The SMILES string of the molecule is CCCCP(Br)(CCCC)(CCCC)CC(=O)OC. The zero-order chi connectivity index (χ0) is 14.8. The van der Waals surface area contributed by atoms with Crippen molar-refractivity contribution in [3.05, 3.63) is 0 Å². The van der Waals surface area contributed by atoms with Crippen molar-refractivity contribution in [1.29, 1.82) is 0 Å². The third-order valence-corrected chi connectivity index (χ3v) is 13.3. The molecule has 0 aromatic heterocycles. The molecule has 0 aromatic rings. The Balaban J connectivity index is 5.09. The first-order valence-corrected chi connectivity index (χ1v) is 12.7. The Labute approximate surface area is 127 Å². The predicted molar refractivity (Wildman–Crippen MR) is 92.1 cm³/mol. The summed E-state index contributed by atoms with van der Waals surface area (Å²) in [6, 6.07) is 0. The van der Waals surface area contributed by atoms with Crippen LogP contribution in [0.1, 0.15) is 59.3 Å². The first-order valence-electron chi connectivity index (χ1n) is 7.73. The molecule has 0 radical (unpaired) electrons. The van der Waals surface area contributed by atoms with Crippen LogP contribution in [0, 0.1) is 0 Å². The number of carbonyl (C=O) groups is 1. The van der Waals surface area contributed by atoms with Gasteiger partial charge in [-0.1, -0.05) is 0 Å². The minimum atomic E-state index is -2.09. The maximum absolute atomic E-state index is 11.9. The number of hydrogen-bond donors (Lipinski definition) is 0. The Hall–Kier alpha value is 0.380. The van der Waals surface area contributed by atoms with Gasteiger partial charge in [0.25, 0.3) is 0 Å². The molecule has 0 bridgehead atoms. The van der Waals surface area contributed by atoms with Crippen LogP contribution >= 0.6 is 20.8 Å². The number of rotatable bonds is 11. The summed E-state index contributed by atoms with van der Waals surface area (Å²) in [6.45, 7) is 6.68. The second-order valence-electron chi connectivity index (χ2n) is 5.79. The minimum absolute atomic E-state index is 0.0298. The summed E-state index contributed by atoms with van der Waals surface area (Å²) >= 11 is 4.17. The van der Waals surface area contributed by atoms with Crippen LogP contribution in [0.4, 0.5) is 0 Å². The number of carbonyl (C=O) groups excluding carboxylic acids is 1. The van der Waals surface area contributed by atoms with E-state index in [1.54, 1.807) is 0 Å². The summed E-state index contributed by atoms with van der Waals surface area (Å²) in [4.78, 5) is 11.9. The van der Waals surface area contributed by atoms with E-state index in [4.69, 9.17) is 4.74 Å². The Morgan fingerprint density at radius 3 is 1.58 bits per heavy atom. The van der Waals surface area contributed by atoms with E-state index in [1.807, 2.05) is 0 Å². The fraction of sp³-hybridized carbons (Fsp3) is 0.933. The van der Waals surface area contributed by atoms with E-state index in [9.17, 15) is 4.79 Å². The summed E-state index contributed by atoms with van der Waals surface area (Å²) in [5.41, 5.74) is 0. The molecular formula is C15H32BrO2P. The first kappa shape index (κ1) is 19.4. The predicted octanol–water partition coefficient (Wildman–Crippen LogP) is 5.42. The van der Waals surface area contributed by atoms with Crippen molar-refractivity contribution in [1.82, 2.24) is 0 Å². The van der Waals surface area contributed by atoms with Crippen LogP contribution in [0.25, 0.3) is 0 Å². The summed E-state index contributed by atoms with van der Waals surface area (Å²) in [7, 11) is 1.51. The van der Waals surface area contributed by atoms with Crippen LogP contribution in [0.3, 0.4) is 0 Å². The maximum atomic E-state index is 11.9. The molecular weight excluding hydrogens is 323 g/mol. The summed E-state index contributed by atoms with van der Waals surface area (Å²) in [6.07, 6.45) is 11.4. The summed E-state index contributed by atoms with van der Waals surface area (Å²) in [5, 5.41) is -2.09. The van der Waals surface area contributed by atoms with Gasteiger partial charge in [0.1, 0.15) is 0 Å². The van der Waals surface area contributed by atoms with Crippen molar-refractivity contribution >= 4 is 26.8 Å². The molecule has 0 aliphatic carbocycles. The molecule has 4 heteroatoms. The number of unbranched alkanes of at least 4 members (excludes halogenated alkanes) is 3. The zero-order valence-corrected chi connectivity index (χ0v) is 15.7. The Morgan fingerprint density at radius 1 is 0.947 bits per heavy atom. The van der Waals surface area contributed by atoms with Crippen molar-refractivity contribution in [2.45, 2.75) is 59.3 Å². The summed E-state index contributed by atoms with van der Waals surface area (Å²) < 4.78 is 4.97. The molecule has 116 valence electrons. The number of hydrogen-bond acceptors (Lipinski definition) is 2. The monoisotopic (exact) mass is 354 g/mol. The van der Waals surface area contributed by atoms with E-state index in [0.717, 1.165) is 0 Å². The number of halogens is 1. The van der Waals surface area contributed by atoms with Crippen LogP contribution < -0.4 is 0 Å². The van der Waals surface area contributed by atoms with Gasteiger partial charge in [-0.2, -0.15) is 0 Å². The van der Waals surface area contributed by atoms with Gasteiger partial charge < -0.3 is 0 Å². The van der Waals surface area contributed by atoms with Crippen molar-refractivity contribution in [2.75, 3.05) is 31.8 Å². The van der Waals surface area contributed by atoms with Crippen molar-refractivity contribution < 1.29 is 9.53 Å². The quantitative estimate of drug-likeness (QED) is 0.365. The Bertz CT molecular complexity index is 244. The molecule has 0 aliphatic rings. The van der Waals surface area contributed by atoms with Crippen LogP contribution in [0.2, 0.25) is 0 Å². The zero-order valence-electron chi connectivity index (χ0n) is 13.2. The molecule has 0 aromatic carbocycles. The first-order chi connectivity index (χ1) is 8.93. The van der Waals surface area contributed by atoms with Gasteiger partial charge in [-0.3, -0.25) is 0 Å². The van der Waals surface area contributed by atoms with Gasteiger partial charge in [0.15, 0.2) is 0 Å².